The van der Waals surface area contributed by atoms with E-state index in [1.807, 2.05) is 6.92 Å². The summed E-state index contributed by atoms with van der Waals surface area (Å²) in [4.78, 5) is 24.5. The van der Waals surface area contributed by atoms with Gasteiger partial charge in [0.1, 0.15) is 11.5 Å². The number of piperidine rings is 1. The molecule has 0 aliphatic carbocycles. The number of benzene rings is 2. The number of aryl methyl sites for hydroxylation is 1. The van der Waals surface area contributed by atoms with Gasteiger partial charge in [-0.05, 0) is 62.6 Å². The first-order valence-electron chi connectivity index (χ1n) is 10.9. The molecule has 176 valence electrons. The number of nitrogens with one attached hydrogen (secondary N) is 2. The van der Waals surface area contributed by atoms with E-state index >= 15 is 0 Å². The van der Waals surface area contributed by atoms with Gasteiger partial charge >= 0.3 is 0 Å². The summed E-state index contributed by atoms with van der Waals surface area (Å²) in [5, 5.41) is 5.55. The molecular formula is C23H27N3O6S. The Morgan fingerprint density at radius 1 is 1.27 bits per heavy atom. The fourth-order valence-corrected chi connectivity index (χ4v) is 5.80. The zero-order chi connectivity index (χ0) is 23.6. The van der Waals surface area contributed by atoms with Gasteiger partial charge in [0.2, 0.25) is 15.9 Å². The van der Waals surface area contributed by atoms with Gasteiger partial charge in [0.25, 0.3) is 5.91 Å². The van der Waals surface area contributed by atoms with Crippen molar-refractivity contribution in [3.8, 4) is 11.5 Å². The summed E-state index contributed by atoms with van der Waals surface area (Å²) >= 11 is 0. The molecular weight excluding hydrogens is 446 g/mol. The summed E-state index contributed by atoms with van der Waals surface area (Å²) in [6.45, 7) is 4.40. The van der Waals surface area contributed by atoms with Gasteiger partial charge in [-0.15, -0.1) is 0 Å². The standard InChI is InChI=1S/C23H27N3O6S/c1-3-31-18-8-6-17(7-9-18)24-23(28)16-5-4-10-26(13-16)33(29,30)21-12-20-19(11-15(21)2)25-22(27)14-32-20/h6-9,11-12,16H,3-5,10,13-14H2,1-2H3,(H,24,28)(H,25,27). The van der Waals surface area contributed by atoms with Crippen molar-refractivity contribution in [2.24, 2.45) is 5.92 Å². The molecule has 9 nitrogen and oxygen atoms in total. The largest absolute Gasteiger partial charge is 0.494 e. The van der Waals surface area contributed by atoms with E-state index in [1.54, 1.807) is 37.3 Å². The second kappa shape index (κ2) is 9.40. The Bertz CT molecular complexity index is 1160. The highest BCUT2D eigenvalue weighted by Gasteiger charge is 2.35. The molecule has 1 saturated heterocycles. The van der Waals surface area contributed by atoms with E-state index < -0.39 is 15.9 Å². The van der Waals surface area contributed by atoms with E-state index in [2.05, 4.69) is 10.6 Å². The Kier molecular flexibility index (Phi) is 6.57. The summed E-state index contributed by atoms with van der Waals surface area (Å²) in [5.74, 6) is 0.0748. The first kappa shape index (κ1) is 23.1. The van der Waals surface area contributed by atoms with Crippen LogP contribution < -0.4 is 20.1 Å². The summed E-state index contributed by atoms with van der Waals surface area (Å²) in [5.41, 5.74) is 1.59. The molecule has 0 bridgehead atoms. The van der Waals surface area contributed by atoms with Crippen molar-refractivity contribution < 1.29 is 27.5 Å². The van der Waals surface area contributed by atoms with Crippen LogP contribution in [0.15, 0.2) is 41.3 Å². The van der Waals surface area contributed by atoms with E-state index in [1.165, 1.54) is 10.4 Å². The number of nitrogens with zero attached hydrogens (tertiary/aromatic N) is 1. The molecule has 1 unspecified atom stereocenters. The van der Waals surface area contributed by atoms with Crippen molar-refractivity contribution in [3.63, 3.8) is 0 Å². The Morgan fingerprint density at radius 3 is 2.76 bits per heavy atom. The summed E-state index contributed by atoms with van der Waals surface area (Å²) in [6, 6.07) is 10.1. The molecule has 2 amide bonds. The van der Waals surface area contributed by atoms with Crippen molar-refractivity contribution in [3.05, 3.63) is 42.0 Å². The molecule has 0 aromatic heterocycles. The Balaban J connectivity index is 1.48. The van der Waals surface area contributed by atoms with E-state index in [9.17, 15) is 18.0 Å². The Labute approximate surface area is 193 Å². The van der Waals surface area contributed by atoms with Gasteiger partial charge in [0.05, 0.1) is 23.1 Å². The molecule has 4 rings (SSSR count). The topological polar surface area (TPSA) is 114 Å². The lowest BCUT2D eigenvalue weighted by Crippen LogP contribution is -2.43. The molecule has 2 heterocycles. The minimum Gasteiger partial charge on any atom is -0.494 e. The number of fused-ring (bicyclic) bond motifs is 1. The van der Waals surface area contributed by atoms with Crippen LogP contribution >= 0.6 is 0 Å². The maximum atomic E-state index is 13.4. The molecule has 10 heteroatoms. The second-order valence-corrected chi connectivity index (χ2v) is 10.0. The average Bonchev–Trinajstić information content (AvgIpc) is 2.80. The van der Waals surface area contributed by atoms with Crippen LogP contribution in [0.3, 0.4) is 0 Å². The quantitative estimate of drug-likeness (QED) is 0.667. The molecule has 2 aromatic rings. The normalized spacial score (nSPS) is 18.6. The summed E-state index contributed by atoms with van der Waals surface area (Å²) in [7, 11) is -3.85. The van der Waals surface area contributed by atoms with Crippen molar-refractivity contribution >= 4 is 33.2 Å². The van der Waals surface area contributed by atoms with Crippen LogP contribution in [0.25, 0.3) is 0 Å². The number of carbonyl (C=O) groups is 2. The fourth-order valence-electron chi connectivity index (χ4n) is 4.05. The van der Waals surface area contributed by atoms with Gasteiger partial charge in [0.15, 0.2) is 6.61 Å². The number of hydrogen-bond donors (Lipinski definition) is 2. The monoisotopic (exact) mass is 473 g/mol. The van der Waals surface area contributed by atoms with Gasteiger partial charge in [-0.2, -0.15) is 4.31 Å². The number of rotatable bonds is 6. The van der Waals surface area contributed by atoms with E-state index in [0.717, 1.165) is 5.75 Å². The van der Waals surface area contributed by atoms with Crippen LogP contribution in [-0.2, 0) is 19.6 Å². The van der Waals surface area contributed by atoms with Gasteiger partial charge < -0.3 is 20.1 Å². The molecule has 1 fully saturated rings. The van der Waals surface area contributed by atoms with Crippen LogP contribution in [0.2, 0.25) is 0 Å². The van der Waals surface area contributed by atoms with Gasteiger partial charge in [-0.3, -0.25) is 9.59 Å². The maximum absolute atomic E-state index is 13.4. The maximum Gasteiger partial charge on any atom is 0.262 e. The molecule has 0 spiro atoms. The lowest BCUT2D eigenvalue weighted by Gasteiger charge is -2.32. The molecule has 2 aliphatic rings. The van der Waals surface area contributed by atoms with Crippen LogP contribution in [0, 0.1) is 12.8 Å². The molecule has 0 radical (unpaired) electrons. The van der Waals surface area contributed by atoms with Crippen LogP contribution in [0.5, 0.6) is 11.5 Å². The summed E-state index contributed by atoms with van der Waals surface area (Å²) in [6.07, 6.45) is 1.18. The molecule has 1 atom stereocenters. The molecule has 2 aliphatic heterocycles. The predicted molar refractivity (Wildman–Crippen MR) is 123 cm³/mol. The molecule has 0 saturated carbocycles. The van der Waals surface area contributed by atoms with Crippen LogP contribution in [-0.4, -0.2) is 50.8 Å². The first-order valence-corrected chi connectivity index (χ1v) is 12.3. The molecule has 2 N–H and O–H groups in total. The molecule has 33 heavy (non-hydrogen) atoms. The highest BCUT2D eigenvalue weighted by atomic mass is 32.2. The van der Waals surface area contributed by atoms with Gasteiger partial charge in [-0.25, -0.2) is 8.42 Å². The van der Waals surface area contributed by atoms with E-state index in [0.29, 0.717) is 48.7 Å². The third-order valence-electron chi connectivity index (χ3n) is 5.72. The van der Waals surface area contributed by atoms with E-state index in [-0.39, 0.29) is 29.9 Å². The zero-order valence-corrected chi connectivity index (χ0v) is 19.4. The van der Waals surface area contributed by atoms with Crippen molar-refractivity contribution in [1.29, 1.82) is 0 Å². The third kappa shape index (κ3) is 4.96. The summed E-state index contributed by atoms with van der Waals surface area (Å²) < 4.78 is 39.0. The van der Waals surface area contributed by atoms with Gasteiger partial charge in [0, 0.05) is 24.8 Å². The zero-order valence-electron chi connectivity index (χ0n) is 18.6. The lowest BCUT2D eigenvalue weighted by molar-refractivity contribution is -0.121. The molecule has 2 aromatic carbocycles. The van der Waals surface area contributed by atoms with Crippen LogP contribution in [0.1, 0.15) is 25.3 Å². The Hall–Kier alpha value is -3.11. The van der Waals surface area contributed by atoms with E-state index in [4.69, 9.17) is 9.47 Å². The number of hydrogen-bond acceptors (Lipinski definition) is 6. The van der Waals surface area contributed by atoms with Crippen molar-refractivity contribution in [2.45, 2.75) is 31.6 Å². The third-order valence-corrected chi connectivity index (χ3v) is 7.72. The number of amides is 2. The minimum atomic E-state index is -3.85. The average molecular weight is 474 g/mol. The predicted octanol–water partition coefficient (Wildman–Crippen LogP) is 2.76. The highest BCUT2D eigenvalue weighted by molar-refractivity contribution is 7.89. The highest BCUT2D eigenvalue weighted by Crippen LogP contribution is 2.35. The fraction of sp³-hybridized carbons (Fsp3) is 0.391. The lowest BCUT2D eigenvalue weighted by atomic mass is 9.99. The number of sulfonamides is 1. The van der Waals surface area contributed by atoms with Crippen molar-refractivity contribution in [2.75, 3.05) is 36.9 Å². The van der Waals surface area contributed by atoms with Crippen LogP contribution in [0.4, 0.5) is 11.4 Å². The minimum absolute atomic E-state index is 0.0965. The first-order chi connectivity index (χ1) is 15.8. The van der Waals surface area contributed by atoms with Crippen molar-refractivity contribution in [1.82, 2.24) is 4.31 Å². The number of carbonyl (C=O) groups excluding carboxylic acids is 2. The Morgan fingerprint density at radius 2 is 2.03 bits per heavy atom. The number of anilines is 2. The smallest absolute Gasteiger partial charge is 0.262 e. The number of ether oxygens (including phenoxy) is 2. The SMILES string of the molecule is CCOc1ccc(NC(=O)C2CCCN(S(=O)(=O)c3cc4c(cc3C)NC(=O)CO4)C2)cc1. The van der Waals surface area contributed by atoms with Gasteiger partial charge in [-0.1, -0.05) is 0 Å². The second-order valence-electron chi connectivity index (χ2n) is 8.10.